The topological polar surface area (TPSA) is 433 Å². The molecule has 52 heteroatoms. The zero-order valence-corrected chi connectivity index (χ0v) is 99.0. The molecule has 806 valence electrons. The first-order chi connectivity index (χ1) is 65.8. The number of aryl methyl sites for hydroxylation is 2. The third-order valence-electron chi connectivity index (χ3n) is 16.3. The number of nitrogens with one attached hydrogen (secondary N) is 9. The molecule has 0 fully saturated rings. The van der Waals surface area contributed by atoms with E-state index in [1.807, 2.05) is 52.0 Å². The quantitative estimate of drug-likeness (QED) is 0.0130. The van der Waals surface area contributed by atoms with Crippen molar-refractivity contribution in [3.63, 3.8) is 0 Å². The van der Waals surface area contributed by atoms with Crippen molar-refractivity contribution in [2.45, 2.75) is 245 Å². The second-order valence-corrected chi connectivity index (χ2v) is 55.4. The molecule has 9 rings (SSSR count). The average molecular weight is 2510 g/mol. The Hall–Kier alpha value is -5.58. The summed E-state index contributed by atoms with van der Waals surface area (Å²) in [4.78, 5) is 6.98. The van der Waals surface area contributed by atoms with E-state index in [0.29, 0.717) is 73.6 Å². The standard InChI is InChI=1S/C11H16BrNO2S.C11H16ClNO2S.C11H13FN2O2S.C10H13BrClNO2S.C10H13BrFNO2S.C10H13Cl2NO2S.C10H13ClFNO2S.C10H13F2NO2S.C9H13ClN2O2S/c2*1-8(2)13-16(14,15)7-10-5-4-9(3)6-11(10)12;1-8(2)14-17(15,16)7-9-4-5-10(13-3)6-11(9)12;2*1-7(2)13-16(14,15)6-8-3-4-9(12)5-10(8)11;1-7(2)13-16(14,15)6-8-3-4-9(11)5-10(8)12;1-7(2)13-16(14,15)6-8-3-4-9(12)5-10(8)11;1-7(2)13-16(14,15)6-8-3-4-9(11)5-10(8)12;1-7(2)12-15(13,14)6-9-4-3-8(10)5-11-9/h2*4-6,8,13H,7H2,1-3H3;4-6,8,14H,7H2,1-2H3;5*3-5,7,13H,6H2,1-2H3;3-5,7,12H,6H2,1-2H3. The van der Waals surface area contributed by atoms with Crippen LogP contribution in [-0.2, 0) is 142 Å². The Bertz CT molecular complexity index is 5970. The molecule has 144 heavy (non-hydrogen) atoms. The largest absolute Gasteiger partial charge is 0.259 e. The number of sulfonamides is 9. The normalized spacial score (nSPS) is 12.0. The number of pyridine rings is 1. The van der Waals surface area contributed by atoms with Crippen molar-refractivity contribution in [3.05, 3.63) is 309 Å². The fraction of sp³-hybridized carbons (Fsp3) is 0.413. The summed E-state index contributed by atoms with van der Waals surface area (Å²) in [6.07, 6.45) is 1.43. The van der Waals surface area contributed by atoms with E-state index in [1.54, 1.807) is 165 Å². The minimum Gasteiger partial charge on any atom is -0.259 e. The molecule has 0 aliphatic heterocycles. The van der Waals surface area contributed by atoms with E-state index in [0.717, 1.165) is 45.4 Å². The monoisotopic (exact) mass is 2500 g/mol. The lowest BCUT2D eigenvalue weighted by molar-refractivity contribution is 0.557. The van der Waals surface area contributed by atoms with Crippen LogP contribution in [0.4, 0.5) is 27.6 Å². The van der Waals surface area contributed by atoms with Crippen molar-refractivity contribution >= 4 is 213 Å². The van der Waals surface area contributed by atoms with Gasteiger partial charge in [-0.15, -0.1) is 0 Å². The Morgan fingerprint density at radius 3 is 0.799 bits per heavy atom. The maximum Gasteiger partial charge on any atom is 0.217 e. The van der Waals surface area contributed by atoms with E-state index in [4.69, 9.17) is 76.2 Å². The predicted octanol–water partition coefficient (Wildman–Crippen LogP) is 21.1. The van der Waals surface area contributed by atoms with Crippen molar-refractivity contribution in [2.24, 2.45) is 0 Å². The minimum absolute atomic E-state index is 0.00600. The zero-order valence-electron chi connectivity index (χ0n) is 82.4. The Balaban J connectivity index is 0.000000810. The van der Waals surface area contributed by atoms with E-state index in [9.17, 15) is 97.7 Å². The first-order valence-electron chi connectivity index (χ1n) is 43.3. The molecule has 0 unspecified atom stereocenters. The predicted molar refractivity (Wildman–Crippen MR) is 583 cm³/mol. The molecule has 1 heterocycles. The van der Waals surface area contributed by atoms with Gasteiger partial charge in [0.25, 0.3) is 0 Å². The van der Waals surface area contributed by atoms with Crippen LogP contribution in [0.5, 0.6) is 0 Å². The van der Waals surface area contributed by atoms with E-state index in [2.05, 4.69) is 100 Å². The van der Waals surface area contributed by atoms with Crippen LogP contribution in [0.25, 0.3) is 4.85 Å². The van der Waals surface area contributed by atoms with Crippen LogP contribution in [0.15, 0.2) is 177 Å². The first-order valence-corrected chi connectivity index (χ1v) is 62.8. The summed E-state index contributed by atoms with van der Waals surface area (Å²) < 4.78 is 298. The summed E-state index contributed by atoms with van der Waals surface area (Å²) in [7, 11) is -30.4. The van der Waals surface area contributed by atoms with Gasteiger partial charge in [0.15, 0.2) is 5.69 Å². The maximum absolute atomic E-state index is 13.5. The molecule has 0 spiro atoms. The molecule has 0 radical (unpaired) electrons. The van der Waals surface area contributed by atoms with Crippen LogP contribution < -0.4 is 42.5 Å². The molecule has 0 saturated heterocycles. The van der Waals surface area contributed by atoms with Gasteiger partial charge in [0.2, 0.25) is 90.2 Å². The van der Waals surface area contributed by atoms with Crippen LogP contribution in [0, 0.1) is 49.5 Å². The second kappa shape index (κ2) is 63.7. The van der Waals surface area contributed by atoms with Crippen molar-refractivity contribution < 1.29 is 97.7 Å². The van der Waals surface area contributed by atoms with E-state index in [-0.39, 0.29) is 116 Å². The minimum atomic E-state index is -3.58. The lowest BCUT2D eigenvalue weighted by Crippen LogP contribution is -2.31. The smallest absolute Gasteiger partial charge is 0.217 e. The lowest BCUT2D eigenvalue weighted by atomic mass is 10.2. The highest BCUT2D eigenvalue weighted by atomic mass is 79.9. The zero-order chi connectivity index (χ0) is 111. The molecule has 1 aromatic heterocycles. The van der Waals surface area contributed by atoms with Gasteiger partial charge < -0.3 is 0 Å². The number of hydrogen-bond donors (Lipinski definition) is 9. The molecule has 8 aromatic carbocycles. The van der Waals surface area contributed by atoms with Crippen LogP contribution in [-0.4, -0.2) is 135 Å². The van der Waals surface area contributed by atoms with Crippen LogP contribution in [0.3, 0.4) is 0 Å². The Morgan fingerprint density at radius 2 is 0.507 bits per heavy atom. The molecule has 0 aliphatic rings. The third kappa shape index (κ3) is 62.3. The van der Waals surface area contributed by atoms with Gasteiger partial charge in [-0.3, -0.25) is 4.98 Å². The highest BCUT2D eigenvalue weighted by Crippen LogP contribution is 2.29. The molecular weight excluding hydrogens is 2380 g/mol. The Labute approximate surface area is 903 Å². The van der Waals surface area contributed by atoms with Gasteiger partial charge in [0.05, 0.1) is 63.3 Å². The lowest BCUT2D eigenvalue weighted by Gasteiger charge is -2.10. The van der Waals surface area contributed by atoms with Crippen LogP contribution in [0.1, 0.15) is 186 Å². The van der Waals surface area contributed by atoms with Crippen molar-refractivity contribution in [3.8, 4) is 0 Å². The molecule has 0 aliphatic carbocycles. The van der Waals surface area contributed by atoms with E-state index < -0.39 is 131 Å². The second-order valence-electron chi connectivity index (χ2n) is 34.5. The summed E-state index contributed by atoms with van der Waals surface area (Å²) in [5, 5.41) is 2.53. The number of aromatic nitrogens is 1. The van der Waals surface area contributed by atoms with Gasteiger partial charge in [-0.05, 0) is 268 Å². The summed E-state index contributed by atoms with van der Waals surface area (Å²) in [6.45, 7) is 42.1. The van der Waals surface area contributed by atoms with E-state index >= 15 is 0 Å². The van der Waals surface area contributed by atoms with Gasteiger partial charge in [0.1, 0.15) is 34.8 Å². The SMILES string of the molecule is CC(C)NS(=O)(=O)Cc1ccc(Cl)cc1Br.CC(C)NS(=O)(=O)Cc1ccc(Cl)cc1Cl.CC(C)NS(=O)(=O)Cc1ccc(Cl)cn1.CC(C)NS(=O)(=O)Cc1ccc(F)cc1Br.CC(C)NS(=O)(=O)Cc1ccc(F)cc1Cl.CC(C)NS(=O)(=O)Cc1ccc(F)cc1F.Cc1ccc(CS(=O)(=O)NC(C)C)c(Br)c1.Cc1ccc(CS(=O)(=O)NC(C)C)c(Cl)c1.[C-]#[N+]c1ccc(CS(=O)(=O)NC(C)C)c(F)c1. The molecular formula is C92H123Br3Cl6F5N11O18S9. The maximum atomic E-state index is 13.5. The van der Waals surface area contributed by atoms with Gasteiger partial charge in [0, 0.05) is 116 Å². The molecule has 9 aromatic rings. The highest BCUT2D eigenvalue weighted by molar-refractivity contribution is 9.11. The van der Waals surface area contributed by atoms with Crippen molar-refractivity contribution in [1.82, 2.24) is 47.5 Å². The Morgan fingerprint density at radius 1 is 0.271 bits per heavy atom. The molecule has 29 nitrogen and oxygen atoms in total. The fourth-order valence-electron chi connectivity index (χ4n) is 11.4. The Kier molecular flexibility index (Phi) is 60.3. The first kappa shape index (κ1) is 136. The van der Waals surface area contributed by atoms with Gasteiger partial charge in [-0.25, -0.2) is 145 Å². The number of halogens is 14. The molecule has 0 amide bonds. The van der Waals surface area contributed by atoms with Crippen molar-refractivity contribution in [1.29, 1.82) is 0 Å². The summed E-state index contributed by atoms with van der Waals surface area (Å²) >= 11 is 44.6. The molecule has 9 N–H and O–H groups in total. The van der Waals surface area contributed by atoms with Gasteiger partial charge >= 0.3 is 0 Å². The summed E-state index contributed by atoms with van der Waals surface area (Å²) in [5.74, 6) is -4.84. The van der Waals surface area contributed by atoms with Gasteiger partial charge in [-0.1, -0.05) is 184 Å². The summed E-state index contributed by atoms with van der Waals surface area (Å²) in [5.41, 5.74) is 6.32. The number of nitrogens with zero attached hydrogens (tertiary/aromatic N) is 2. The summed E-state index contributed by atoms with van der Waals surface area (Å²) in [6, 6.07) is 36.9. The van der Waals surface area contributed by atoms with Crippen LogP contribution in [0.2, 0.25) is 30.1 Å². The fourth-order valence-corrected chi connectivity index (χ4v) is 28.3. The molecule has 0 atom stereocenters. The van der Waals surface area contributed by atoms with Crippen molar-refractivity contribution in [2.75, 3.05) is 0 Å². The van der Waals surface area contributed by atoms with Gasteiger partial charge in [-0.2, -0.15) is 0 Å². The average Bonchev–Trinajstić information content (AvgIpc) is 0.861. The molecule has 0 bridgehead atoms. The third-order valence-corrected chi connectivity index (χ3v) is 33.9. The number of rotatable bonds is 36. The van der Waals surface area contributed by atoms with E-state index in [1.165, 1.54) is 54.7 Å². The highest BCUT2D eigenvalue weighted by Gasteiger charge is 2.24. The van der Waals surface area contributed by atoms with Crippen LogP contribution >= 0.6 is 117 Å². The molecule has 0 saturated carbocycles. The number of benzene rings is 8. The number of hydrogen-bond acceptors (Lipinski definition) is 19.